The Hall–Kier alpha value is -1.09. The summed E-state index contributed by atoms with van der Waals surface area (Å²) in [5.41, 5.74) is 2.23. The van der Waals surface area contributed by atoms with Gasteiger partial charge in [-0.15, -0.1) is 0 Å². The number of hydrogen-bond acceptors (Lipinski definition) is 1. The molecule has 0 fully saturated rings. The van der Waals surface area contributed by atoms with Crippen LogP contribution in [-0.4, -0.2) is 12.5 Å². The predicted molar refractivity (Wildman–Crippen MR) is 60.4 cm³/mol. The van der Waals surface area contributed by atoms with Gasteiger partial charge in [-0.2, -0.15) is 0 Å². The Morgan fingerprint density at radius 1 is 1.57 bits per heavy atom. The van der Waals surface area contributed by atoms with Gasteiger partial charge in [0.25, 0.3) is 0 Å². The Balaban J connectivity index is 2.40. The maximum absolute atomic E-state index is 11.5. The largest absolute Gasteiger partial charge is 0.308 e. The van der Waals surface area contributed by atoms with Crippen LogP contribution in [0.15, 0.2) is 35.3 Å². The smallest absolute Gasteiger partial charge is 0.250 e. The highest BCUT2D eigenvalue weighted by molar-refractivity contribution is 9.10. The number of rotatable bonds is 1. The van der Waals surface area contributed by atoms with Crippen LogP contribution in [0.1, 0.15) is 5.56 Å². The minimum atomic E-state index is -0.0222. The first-order valence-electron chi connectivity index (χ1n) is 4.45. The highest BCUT2D eigenvalue weighted by atomic mass is 79.9. The quantitative estimate of drug-likeness (QED) is 0.703. The van der Waals surface area contributed by atoms with E-state index < -0.39 is 0 Å². The maximum Gasteiger partial charge on any atom is 0.250 e. The molecule has 0 bridgehead atoms. The molecule has 0 spiro atoms. The lowest BCUT2D eigenvalue weighted by Crippen LogP contribution is -2.26. The first-order valence-corrected chi connectivity index (χ1v) is 5.24. The summed E-state index contributed by atoms with van der Waals surface area (Å²) >= 11 is 3.42. The van der Waals surface area contributed by atoms with Crippen LogP contribution in [0, 0.1) is 0 Å². The summed E-state index contributed by atoms with van der Waals surface area (Å²) in [5.74, 6) is -0.0222. The first-order chi connectivity index (χ1) is 6.72. The van der Waals surface area contributed by atoms with Gasteiger partial charge in [0.1, 0.15) is 0 Å². The van der Waals surface area contributed by atoms with Crippen molar-refractivity contribution >= 4 is 27.5 Å². The summed E-state index contributed by atoms with van der Waals surface area (Å²) in [6.45, 7) is 4.26. The average molecular weight is 252 g/mol. The molecule has 0 atom stereocenters. The highest BCUT2D eigenvalue weighted by Crippen LogP contribution is 2.30. The second-order valence-electron chi connectivity index (χ2n) is 3.22. The number of benzene rings is 1. The van der Waals surface area contributed by atoms with E-state index in [1.807, 2.05) is 12.1 Å². The van der Waals surface area contributed by atoms with E-state index in [1.54, 1.807) is 4.90 Å². The van der Waals surface area contributed by atoms with Crippen LogP contribution in [0.3, 0.4) is 0 Å². The third-order valence-corrected chi connectivity index (χ3v) is 2.87. The molecule has 1 amide bonds. The number of anilines is 1. The third-order valence-electron chi connectivity index (χ3n) is 2.38. The predicted octanol–water partition coefficient (Wildman–Crippen LogP) is 2.52. The molecule has 0 saturated heterocycles. The van der Waals surface area contributed by atoms with Gasteiger partial charge in [-0.25, -0.2) is 0 Å². The summed E-state index contributed by atoms with van der Waals surface area (Å²) in [4.78, 5) is 13.2. The van der Waals surface area contributed by atoms with Gasteiger partial charge in [0.05, 0.1) is 0 Å². The van der Waals surface area contributed by atoms with Crippen molar-refractivity contribution in [3.63, 3.8) is 0 Å². The molecule has 1 aromatic carbocycles. The van der Waals surface area contributed by atoms with Gasteiger partial charge >= 0.3 is 0 Å². The summed E-state index contributed by atoms with van der Waals surface area (Å²) in [7, 11) is 0. The van der Waals surface area contributed by atoms with Crippen molar-refractivity contribution in [3.8, 4) is 0 Å². The molecule has 1 heterocycles. The molecule has 0 aromatic heterocycles. The first kappa shape index (κ1) is 9.46. The zero-order valence-electron chi connectivity index (χ0n) is 7.66. The fraction of sp³-hybridized carbons (Fsp3) is 0.182. The number of carbonyl (C=O) groups is 1. The second-order valence-corrected chi connectivity index (χ2v) is 4.13. The number of hydrogen-bond donors (Lipinski definition) is 0. The molecule has 1 aromatic rings. The fourth-order valence-corrected chi connectivity index (χ4v) is 2.12. The SMILES string of the molecule is C=CC(=O)N1CCc2cc(Br)ccc21. The molecule has 1 aliphatic rings. The van der Waals surface area contributed by atoms with Crippen LogP contribution in [-0.2, 0) is 11.2 Å². The molecular formula is C11H10BrNO. The van der Waals surface area contributed by atoms with Crippen LogP contribution in [0.4, 0.5) is 5.69 Å². The summed E-state index contributed by atoms with van der Waals surface area (Å²) < 4.78 is 1.06. The van der Waals surface area contributed by atoms with Gasteiger partial charge < -0.3 is 4.90 Å². The minimum Gasteiger partial charge on any atom is -0.308 e. The summed E-state index contributed by atoms with van der Waals surface area (Å²) in [5, 5.41) is 0. The van der Waals surface area contributed by atoms with Crippen LogP contribution in [0.5, 0.6) is 0 Å². The van der Waals surface area contributed by atoms with Crippen molar-refractivity contribution in [1.29, 1.82) is 0 Å². The van der Waals surface area contributed by atoms with Gasteiger partial charge in [-0.1, -0.05) is 22.5 Å². The second kappa shape index (κ2) is 3.58. The number of carbonyl (C=O) groups excluding carboxylic acids is 1. The molecule has 2 nitrogen and oxygen atoms in total. The van der Waals surface area contributed by atoms with Crippen molar-refractivity contribution in [2.45, 2.75) is 6.42 Å². The lowest BCUT2D eigenvalue weighted by Gasteiger charge is -2.14. The number of nitrogens with zero attached hydrogens (tertiary/aromatic N) is 1. The Kier molecular flexibility index (Phi) is 2.42. The van der Waals surface area contributed by atoms with Crippen molar-refractivity contribution in [3.05, 3.63) is 40.9 Å². The highest BCUT2D eigenvalue weighted by Gasteiger charge is 2.22. The number of amides is 1. The van der Waals surface area contributed by atoms with E-state index in [0.29, 0.717) is 0 Å². The lowest BCUT2D eigenvalue weighted by molar-refractivity contribution is -0.114. The van der Waals surface area contributed by atoms with Crippen molar-refractivity contribution in [2.24, 2.45) is 0 Å². The molecule has 3 heteroatoms. The van der Waals surface area contributed by atoms with Gasteiger partial charge in [0.15, 0.2) is 0 Å². The minimum absolute atomic E-state index is 0.0222. The van der Waals surface area contributed by atoms with Crippen molar-refractivity contribution < 1.29 is 4.79 Å². The Bertz CT molecular complexity index is 400. The topological polar surface area (TPSA) is 20.3 Å². The normalized spacial score (nSPS) is 13.9. The molecule has 0 radical (unpaired) electrons. The monoisotopic (exact) mass is 251 g/mol. The molecular weight excluding hydrogens is 242 g/mol. The van der Waals surface area contributed by atoms with E-state index in [-0.39, 0.29) is 5.91 Å². The Morgan fingerprint density at radius 3 is 3.07 bits per heavy atom. The van der Waals surface area contributed by atoms with E-state index in [2.05, 4.69) is 28.6 Å². The van der Waals surface area contributed by atoms with Crippen LogP contribution >= 0.6 is 15.9 Å². The molecule has 72 valence electrons. The summed E-state index contributed by atoms with van der Waals surface area (Å²) in [6.07, 6.45) is 2.28. The molecule has 1 aliphatic heterocycles. The van der Waals surface area contributed by atoms with Crippen molar-refractivity contribution in [1.82, 2.24) is 0 Å². The van der Waals surface area contributed by atoms with Crippen LogP contribution in [0.2, 0.25) is 0 Å². The molecule has 2 rings (SSSR count). The molecule has 0 N–H and O–H groups in total. The van der Waals surface area contributed by atoms with E-state index in [0.717, 1.165) is 23.1 Å². The van der Waals surface area contributed by atoms with E-state index >= 15 is 0 Å². The average Bonchev–Trinajstić information content (AvgIpc) is 2.59. The maximum atomic E-state index is 11.5. The van der Waals surface area contributed by atoms with Crippen LogP contribution < -0.4 is 4.90 Å². The molecule has 0 unspecified atom stereocenters. The molecule has 0 saturated carbocycles. The Labute approximate surface area is 91.3 Å². The summed E-state index contributed by atoms with van der Waals surface area (Å²) in [6, 6.07) is 5.98. The van der Waals surface area contributed by atoms with E-state index in [1.165, 1.54) is 11.6 Å². The zero-order chi connectivity index (χ0) is 10.1. The van der Waals surface area contributed by atoms with Gasteiger partial charge in [0, 0.05) is 16.7 Å². The van der Waals surface area contributed by atoms with E-state index in [9.17, 15) is 4.79 Å². The standard InChI is InChI=1S/C11H10BrNO/c1-2-11(14)13-6-5-8-7-9(12)3-4-10(8)13/h2-4,7H,1,5-6H2. The molecule has 0 aliphatic carbocycles. The molecule has 14 heavy (non-hydrogen) atoms. The zero-order valence-corrected chi connectivity index (χ0v) is 9.25. The Morgan fingerprint density at radius 2 is 2.36 bits per heavy atom. The van der Waals surface area contributed by atoms with Gasteiger partial charge in [-0.3, -0.25) is 4.79 Å². The fourth-order valence-electron chi connectivity index (χ4n) is 1.71. The number of fused-ring (bicyclic) bond motifs is 1. The van der Waals surface area contributed by atoms with Gasteiger partial charge in [-0.05, 0) is 36.3 Å². The van der Waals surface area contributed by atoms with Crippen molar-refractivity contribution in [2.75, 3.05) is 11.4 Å². The third kappa shape index (κ3) is 1.48. The number of halogens is 1. The van der Waals surface area contributed by atoms with Gasteiger partial charge in [0.2, 0.25) is 5.91 Å². The van der Waals surface area contributed by atoms with E-state index in [4.69, 9.17) is 0 Å². The lowest BCUT2D eigenvalue weighted by atomic mass is 10.2. The van der Waals surface area contributed by atoms with Crippen LogP contribution in [0.25, 0.3) is 0 Å².